The zero-order valence-electron chi connectivity index (χ0n) is 16.2. The van der Waals surface area contributed by atoms with Crippen LogP contribution in [0.1, 0.15) is 37.7 Å². The molecular formula is C19H35IN4O. The molecule has 0 spiro atoms. The van der Waals surface area contributed by atoms with Gasteiger partial charge in [-0.1, -0.05) is 31.4 Å². The summed E-state index contributed by atoms with van der Waals surface area (Å²) in [4.78, 5) is 6.52. The fourth-order valence-corrected chi connectivity index (χ4v) is 2.48. The Bertz CT molecular complexity index is 480. The van der Waals surface area contributed by atoms with E-state index in [1.807, 2.05) is 25.2 Å². The number of benzene rings is 1. The molecule has 0 aliphatic rings. The first-order chi connectivity index (χ1) is 11.7. The van der Waals surface area contributed by atoms with Crippen molar-refractivity contribution >= 4 is 29.9 Å². The zero-order chi connectivity index (χ0) is 17.6. The number of ether oxygens (including phenoxy) is 1. The van der Waals surface area contributed by atoms with Crippen molar-refractivity contribution in [2.45, 2.75) is 38.6 Å². The molecule has 0 aliphatic heterocycles. The summed E-state index contributed by atoms with van der Waals surface area (Å²) in [7, 11) is 7.76. The van der Waals surface area contributed by atoms with Gasteiger partial charge in [0, 0.05) is 20.1 Å². The van der Waals surface area contributed by atoms with Crippen molar-refractivity contribution in [3.8, 4) is 5.75 Å². The van der Waals surface area contributed by atoms with Gasteiger partial charge in [-0.15, -0.1) is 24.0 Å². The SMILES string of the molecule is CN=C(NCCCCCCCN(C)C)NCc1cccc(OC)c1.I. The maximum absolute atomic E-state index is 5.24. The standard InChI is InChI=1S/C19H34N4O.HI/c1-20-19(21-13-8-6-5-7-9-14-23(2)3)22-16-17-11-10-12-18(15-17)24-4;/h10-12,15H,5-9,13-14,16H2,1-4H3,(H2,20,21,22);1H. The van der Waals surface area contributed by atoms with Gasteiger partial charge in [0.05, 0.1) is 7.11 Å². The smallest absolute Gasteiger partial charge is 0.191 e. The lowest BCUT2D eigenvalue weighted by Crippen LogP contribution is -2.37. The van der Waals surface area contributed by atoms with Crippen molar-refractivity contribution in [1.29, 1.82) is 0 Å². The molecule has 1 rings (SSSR count). The van der Waals surface area contributed by atoms with Gasteiger partial charge in [0.1, 0.15) is 5.75 Å². The molecule has 5 nitrogen and oxygen atoms in total. The maximum atomic E-state index is 5.24. The Morgan fingerprint density at radius 1 is 1.08 bits per heavy atom. The molecule has 0 aliphatic carbocycles. The molecule has 0 aromatic heterocycles. The van der Waals surface area contributed by atoms with Crippen LogP contribution in [0.2, 0.25) is 0 Å². The third kappa shape index (κ3) is 12.0. The molecule has 0 amide bonds. The minimum absolute atomic E-state index is 0. The van der Waals surface area contributed by atoms with Crippen LogP contribution in [0.3, 0.4) is 0 Å². The van der Waals surface area contributed by atoms with Crippen LogP contribution >= 0.6 is 24.0 Å². The molecule has 144 valence electrons. The topological polar surface area (TPSA) is 48.9 Å². The second-order valence-electron chi connectivity index (χ2n) is 6.28. The summed E-state index contributed by atoms with van der Waals surface area (Å²) in [6.45, 7) is 2.89. The Hall–Kier alpha value is -1.02. The van der Waals surface area contributed by atoms with E-state index in [1.165, 1.54) is 44.2 Å². The molecule has 0 bridgehead atoms. The van der Waals surface area contributed by atoms with Gasteiger partial charge in [-0.3, -0.25) is 4.99 Å². The van der Waals surface area contributed by atoms with E-state index in [4.69, 9.17) is 4.74 Å². The quantitative estimate of drug-likeness (QED) is 0.229. The van der Waals surface area contributed by atoms with Crippen LogP contribution < -0.4 is 15.4 Å². The Kier molecular flexibility index (Phi) is 14.6. The van der Waals surface area contributed by atoms with Gasteiger partial charge in [0.15, 0.2) is 5.96 Å². The van der Waals surface area contributed by atoms with Crippen LogP contribution in [-0.2, 0) is 6.54 Å². The lowest BCUT2D eigenvalue weighted by molar-refractivity contribution is 0.389. The number of nitrogens with one attached hydrogen (secondary N) is 2. The second-order valence-corrected chi connectivity index (χ2v) is 6.28. The highest BCUT2D eigenvalue weighted by Crippen LogP contribution is 2.12. The molecule has 1 aromatic carbocycles. The van der Waals surface area contributed by atoms with E-state index in [9.17, 15) is 0 Å². The van der Waals surface area contributed by atoms with Gasteiger partial charge in [0.2, 0.25) is 0 Å². The number of halogens is 1. The van der Waals surface area contributed by atoms with Gasteiger partial charge >= 0.3 is 0 Å². The maximum Gasteiger partial charge on any atom is 0.191 e. The minimum atomic E-state index is 0. The normalized spacial score (nSPS) is 11.2. The number of hydrogen-bond acceptors (Lipinski definition) is 3. The van der Waals surface area contributed by atoms with Crippen molar-refractivity contribution in [3.63, 3.8) is 0 Å². The van der Waals surface area contributed by atoms with Crippen molar-refractivity contribution in [3.05, 3.63) is 29.8 Å². The highest BCUT2D eigenvalue weighted by Gasteiger charge is 2.00. The number of nitrogens with zero attached hydrogens (tertiary/aromatic N) is 2. The van der Waals surface area contributed by atoms with Crippen LogP contribution in [0.25, 0.3) is 0 Å². The van der Waals surface area contributed by atoms with E-state index in [0.717, 1.165) is 24.8 Å². The van der Waals surface area contributed by atoms with Gasteiger partial charge in [-0.05, 0) is 51.2 Å². The first-order valence-corrected chi connectivity index (χ1v) is 8.88. The minimum Gasteiger partial charge on any atom is -0.497 e. The Morgan fingerprint density at radius 2 is 1.80 bits per heavy atom. The molecule has 0 saturated heterocycles. The second kappa shape index (κ2) is 15.3. The molecular weight excluding hydrogens is 427 g/mol. The number of rotatable bonds is 11. The van der Waals surface area contributed by atoms with Crippen molar-refractivity contribution in [2.24, 2.45) is 4.99 Å². The highest BCUT2D eigenvalue weighted by molar-refractivity contribution is 14.0. The Balaban J connectivity index is 0.00000576. The van der Waals surface area contributed by atoms with Crippen LogP contribution in [0.5, 0.6) is 5.75 Å². The van der Waals surface area contributed by atoms with E-state index in [-0.39, 0.29) is 24.0 Å². The number of unbranched alkanes of at least 4 members (excludes halogenated alkanes) is 4. The summed E-state index contributed by atoms with van der Waals surface area (Å²) in [6.07, 6.45) is 6.38. The van der Waals surface area contributed by atoms with Gasteiger partial charge in [0.25, 0.3) is 0 Å². The largest absolute Gasteiger partial charge is 0.497 e. The number of hydrogen-bond donors (Lipinski definition) is 2. The molecule has 6 heteroatoms. The van der Waals surface area contributed by atoms with E-state index >= 15 is 0 Å². The molecule has 25 heavy (non-hydrogen) atoms. The van der Waals surface area contributed by atoms with Crippen LogP contribution in [0.15, 0.2) is 29.3 Å². The van der Waals surface area contributed by atoms with Crippen molar-refractivity contribution in [1.82, 2.24) is 15.5 Å². The fraction of sp³-hybridized carbons (Fsp3) is 0.632. The monoisotopic (exact) mass is 462 g/mol. The number of aliphatic imine (C=N–C) groups is 1. The predicted molar refractivity (Wildman–Crippen MR) is 118 cm³/mol. The summed E-state index contributed by atoms with van der Waals surface area (Å²) < 4.78 is 5.24. The number of methoxy groups -OCH3 is 1. The van der Waals surface area contributed by atoms with E-state index < -0.39 is 0 Å². The van der Waals surface area contributed by atoms with E-state index in [0.29, 0.717) is 0 Å². The van der Waals surface area contributed by atoms with Crippen LogP contribution in [0, 0.1) is 0 Å². The summed E-state index contributed by atoms with van der Waals surface area (Å²) >= 11 is 0. The molecule has 0 saturated carbocycles. The van der Waals surface area contributed by atoms with Crippen molar-refractivity contribution in [2.75, 3.05) is 41.3 Å². The molecule has 0 fully saturated rings. The summed E-state index contributed by atoms with van der Waals surface area (Å²) in [5.41, 5.74) is 1.18. The fourth-order valence-electron chi connectivity index (χ4n) is 2.48. The highest BCUT2D eigenvalue weighted by atomic mass is 127. The van der Waals surface area contributed by atoms with Crippen molar-refractivity contribution < 1.29 is 4.74 Å². The lowest BCUT2D eigenvalue weighted by Gasteiger charge is -2.12. The molecule has 0 radical (unpaired) electrons. The zero-order valence-corrected chi connectivity index (χ0v) is 18.5. The Morgan fingerprint density at radius 3 is 2.48 bits per heavy atom. The number of guanidine groups is 1. The van der Waals surface area contributed by atoms with Gasteiger partial charge in [-0.2, -0.15) is 0 Å². The summed E-state index contributed by atoms with van der Waals surface area (Å²) in [5.74, 6) is 1.73. The van der Waals surface area contributed by atoms with E-state index in [2.05, 4.69) is 40.7 Å². The third-order valence-corrected chi connectivity index (χ3v) is 3.89. The summed E-state index contributed by atoms with van der Waals surface area (Å²) in [6, 6.07) is 8.07. The van der Waals surface area contributed by atoms with E-state index in [1.54, 1.807) is 7.11 Å². The molecule has 0 unspecified atom stereocenters. The lowest BCUT2D eigenvalue weighted by atomic mass is 10.1. The first kappa shape index (κ1) is 24.0. The Labute approximate surface area is 170 Å². The summed E-state index contributed by atoms with van der Waals surface area (Å²) in [5, 5.41) is 6.72. The van der Waals surface area contributed by atoms with Gasteiger partial charge in [-0.25, -0.2) is 0 Å². The molecule has 1 aromatic rings. The average molecular weight is 462 g/mol. The van der Waals surface area contributed by atoms with Crippen LogP contribution in [-0.4, -0.2) is 52.2 Å². The molecule has 2 N–H and O–H groups in total. The van der Waals surface area contributed by atoms with Crippen LogP contribution in [0.4, 0.5) is 0 Å². The third-order valence-electron chi connectivity index (χ3n) is 3.89. The van der Waals surface area contributed by atoms with Gasteiger partial charge < -0.3 is 20.3 Å². The predicted octanol–water partition coefficient (Wildman–Crippen LogP) is 3.49. The molecule has 0 heterocycles. The molecule has 0 atom stereocenters. The first-order valence-electron chi connectivity index (χ1n) is 8.88. The average Bonchev–Trinajstić information content (AvgIpc) is 2.59.